The number of carbonyl (C=O) groups is 1. The third kappa shape index (κ3) is 2.96. The number of nitrogens with two attached hydrogens (primary N) is 1. The maximum absolute atomic E-state index is 12.1. The molecule has 0 heterocycles. The van der Waals surface area contributed by atoms with Gasteiger partial charge in [0, 0.05) is 18.8 Å². The molecule has 110 valence electrons. The van der Waals surface area contributed by atoms with Crippen LogP contribution in [0.5, 0.6) is 0 Å². The van der Waals surface area contributed by atoms with Crippen molar-refractivity contribution in [3.05, 3.63) is 30.3 Å². The minimum Gasteiger partial charge on any atom is -0.369 e. The van der Waals surface area contributed by atoms with E-state index in [2.05, 4.69) is 29.3 Å². The van der Waals surface area contributed by atoms with Crippen molar-refractivity contribution >= 4 is 11.6 Å². The molecule has 1 atom stereocenters. The van der Waals surface area contributed by atoms with E-state index in [9.17, 15) is 4.79 Å². The van der Waals surface area contributed by atoms with Gasteiger partial charge in [-0.05, 0) is 44.4 Å². The van der Waals surface area contributed by atoms with Crippen molar-refractivity contribution in [2.24, 2.45) is 11.7 Å². The van der Waals surface area contributed by atoms with E-state index in [1.54, 1.807) is 0 Å². The molecule has 1 aromatic carbocycles. The molecule has 1 aliphatic rings. The van der Waals surface area contributed by atoms with E-state index >= 15 is 0 Å². The molecule has 0 aliphatic heterocycles. The molecular weight excluding hydrogens is 250 g/mol. The van der Waals surface area contributed by atoms with Crippen LogP contribution in [0.1, 0.15) is 26.7 Å². The highest BCUT2D eigenvalue weighted by molar-refractivity contribution is 5.86. The molecule has 20 heavy (non-hydrogen) atoms. The van der Waals surface area contributed by atoms with Gasteiger partial charge in [0.25, 0.3) is 0 Å². The van der Waals surface area contributed by atoms with Crippen LogP contribution in [0, 0.1) is 5.92 Å². The molecule has 1 aromatic rings. The Labute approximate surface area is 121 Å². The summed E-state index contributed by atoms with van der Waals surface area (Å²) < 4.78 is 0. The smallest absolute Gasteiger partial charge is 0.239 e. The van der Waals surface area contributed by atoms with Gasteiger partial charge in [0.05, 0.1) is 0 Å². The predicted molar refractivity (Wildman–Crippen MR) is 82.7 cm³/mol. The summed E-state index contributed by atoms with van der Waals surface area (Å²) >= 11 is 0. The lowest BCUT2D eigenvalue weighted by Gasteiger charge is -2.37. The highest BCUT2D eigenvalue weighted by atomic mass is 16.1. The lowest BCUT2D eigenvalue weighted by molar-refractivity contribution is -0.125. The van der Waals surface area contributed by atoms with Crippen molar-refractivity contribution in [2.75, 3.05) is 24.5 Å². The second kappa shape index (κ2) is 6.27. The molecular formula is C16H25N3O. The maximum atomic E-state index is 12.1. The van der Waals surface area contributed by atoms with E-state index in [1.165, 1.54) is 0 Å². The molecule has 0 radical (unpaired) electrons. The Morgan fingerprint density at radius 1 is 1.35 bits per heavy atom. The molecule has 1 saturated carbocycles. The van der Waals surface area contributed by atoms with Gasteiger partial charge in [0.2, 0.25) is 5.91 Å². The number of nitrogens with zero attached hydrogens (tertiary/aromatic N) is 1. The number of nitrogens with one attached hydrogen (secondary N) is 1. The number of para-hydroxylation sites is 1. The zero-order valence-electron chi connectivity index (χ0n) is 12.4. The largest absolute Gasteiger partial charge is 0.369 e. The Morgan fingerprint density at radius 3 is 2.45 bits per heavy atom. The molecule has 0 spiro atoms. The minimum absolute atomic E-state index is 0.226. The number of primary amides is 1. The molecule has 0 aromatic heterocycles. The predicted octanol–water partition coefficient (Wildman–Crippen LogP) is 1.76. The van der Waals surface area contributed by atoms with Crippen LogP contribution in [0.25, 0.3) is 0 Å². The Bertz CT molecular complexity index is 444. The van der Waals surface area contributed by atoms with E-state index < -0.39 is 5.54 Å². The highest BCUT2D eigenvalue weighted by Gasteiger charge is 2.50. The van der Waals surface area contributed by atoms with Crippen molar-refractivity contribution < 1.29 is 4.79 Å². The Morgan fingerprint density at radius 2 is 2.00 bits per heavy atom. The first-order chi connectivity index (χ1) is 9.64. The average Bonchev–Trinajstić information content (AvgIpc) is 3.29. The number of benzene rings is 1. The lowest BCUT2D eigenvalue weighted by Crippen LogP contribution is -2.63. The number of rotatable bonds is 8. The highest BCUT2D eigenvalue weighted by Crippen LogP contribution is 2.40. The number of amides is 1. The van der Waals surface area contributed by atoms with Gasteiger partial charge in [-0.25, -0.2) is 0 Å². The van der Waals surface area contributed by atoms with E-state index in [0.29, 0.717) is 12.5 Å². The standard InChI is InChI=1S/C16H25N3O/c1-3-18-16(15(17)20,13-10-11-13)12-19(4-2)14-8-6-5-7-9-14/h5-9,13,18H,3-4,10-12H2,1-2H3,(H2,17,20). The first-order valence-corrected chi connectivity index (χ1v) is 7.49. The number of anilines is 1. The molecule has 4 nitrogen and oxygen atoms in total. The van der Waals surface area contributed by atoms with Crippen LogP contribution in [0.4, 0.5) is 5.69 Å². The molecule has 1 unspecified atom stereocenters. The molecule has 0 bridgehead atoms. The number of hydrogen-bond donors (Lipinski definition) is 2. The van der Waals surface area contributed by atoms with Gasteiger partial charge in [-0.1, -0.05) is 25.1 Å². The van der Waals surface area contributed by atoms with Crippen LogP contribution in [0.15, 0.2) is 30.3 Å². The molecule has 1 aliphatic carbocycles. The van der Waals surface area contributed by atoms with Crippen LogP contribution < -0.4 is 16.0 Å². The third-order valence-corrected chi connectivity index (χ3v) is 4.15. The summed E-state index contributed by atoms with van der Waals surface area (Å²) in [7, 11) is 0. The summed E-state index contributed by atoms with van der Waals surface area (Å²) in [5.74, 6) is 0.147. The fraction of sp³-hybridized carbons (Fsp3) is 0.562. The summed E-state index contributed by atoms with van der Waals surface area (Å²) in [5.41, 5.74) is 6.29. The summed E-state index contributed by atoms with van der Waals surface area (Å²) in [6.07, 6.45) is 2.17. The fourth-order valence-corrected chi connectivity index (χ4v) is 2.91. The quantitative estimate of drug-likeness (QED) is 0.760. The van der Waals surface area contributed by atoms with E-state index in [1.807, 2.05) is 25.1 Å². The van der Waals surface area contributed by atoms with Crippen LogP contribution in [-0.2, 0) is 4.79 Å². The topological polar surface area (TPSA) is 58.4 Å². The van der Waals surface area contributed by atoms with E-state index in [-0.39, 0.29) is 5.91 Å². The summed E-state index contributed by atoms with van der Waals surface area (Å²) in [5, 5.41) is 3.38. The van der Waals surface area contributed by atoms with E-state index in [0.717, 1.165) is 31.6 Å². The zero-order chi connectivity index (χ0) is 14.6. The average molecular weight is 275 g/mol. The van der Waals surface area contributed by atoms with Crippen molar-refractivity contribution in [1.82, 2.24) is 5.32 Å². The SMILES string of the molecule is CCNC(CN(CC)c1ccccc1)(C(N)=O)C1CC1. The Hall–Kier alpha value is -1.55. The zero-order valence-corrected chi connectivity index (χ0v) is 12.4. The van der Waals surface area contributed by atoms with Gasteiger partial charge < -0.3 is 16.0 Å². The molecule has 0 saturated heterocycles. The third-order valence-electron chi connectivity index (χ3n) is 4.15. The Kier molecular flexibility index (Phi) is 4.65. The second-order valence-electron chi connectivity index (χ2n) is 5.49. The Balaban J connectivity index is 2.23. The normalized spacial score (nSPS) is 17.5. The maximum Gasteiger partial charge on any atom is 0.239 e. The number of carbonyl (C=O) groups excluding carboxylic acids is 1. The summed E-state index contributed by atoms with van der Waals surface area (Å²) in [4.78, 5) is 14.3. The monoisotopic (exact) mass is 275 g/mol. The summed E-state index contributed by atoms with van der Waals surface area (Å²) in [6, 6.07) is 10.2. The van der Waals surface area contributed by atoms with Crippen molar-refractivity contribution in [3.63, 3.8) is 0 Å². The van der Waals surface area contributed by atoms with Crippen LogP contribution in [0.2, 0.25) is 0 Å². The molecule has 2 rings (SSSR count). The lowest BCUT2D eigenvalue weighted by atomic mass is 9.91. The van der Waals surface area contributed by atoms with Crippen LogP contribution >= 0.6 is 0 Å². The van der Waals surface area contributed by atoms with Gasteiger partial charge in [0.1, 0.15) is 5.54 Å². The number of likely N-dealkylation sites (N-methyl/N-ethyl adjacent to an activating group) is 2. The van der Waals surface area contributed by atoms with E-state index in [4.69, 9.17) is 5.73 Å². The van der Waals surface area contributed by atoms with Crippen molar-refractivity contribution in [3.8, 4) is 0 Å². The molecule has 3 N–H and O–H groups in total. The fourth-order valence-electron chi connectivity index (χ4n) is 2.91. The van der Waals surface area contributed by atoms with Gasteiger partial charge >= 0.3 is 0 Å². The number of hydrogen-bond acceptors (Lipinski definition) is 3. The summed E-state index contributed by atoms with van der Waals surface area (Å²) in [6.45, 7) is 6.39. The van der Waals surface area contributed by atoms with Crippen LogP contribution in [0.3, 0.4) is 0 Å². The van der Waals surface area contributed by atoms with Crippen LogP contribution in [-0.4, -0.2) is 31.1 Å². The molecule has 4 heteroatoms. The van der Waals surface area contributed by atoms with Crippen molar-refractivity contribution in [1.29, 1.82) is 0 Å². The first kappa shape index (κ1) is 14.9. The minimum atomic E-state index is -0.597. The molecule has 1 amide bonds. The van der Waals surface area contributed by atoms with Crippen molar-refractivity contribution in [2.45, 2.75) is 32.2 Å². The second-order valence-corrected chi connectivity index (χ2v) is 5.49. The molecule has 1 fully saturated rings. The van der Waals surface area contributed by atoms with Gasteiger partial charge in [-0.15, -0.1) is 0 Å². The van der Waals surface area contributed by atoms with Gasteiger partial charge in [0.15, 0.2) is 0 Å². The van der Waals surface area contributed by atoms with Gasteiger partial charge in [-0.3, -0.25) is 4.79 Å². The first-order valence-electron chi connectivity index (χ1n) is 7.49. The van der Waals surface area contributed by atoms with Gasteiger partial charge in [-0.2, -0.15) is 0 Å².